The molecule has 0 atom stereocenters. The molecule has 0 aliphatic carbocycles. The number of aromatic nitrogens is 1. The molecule has 0 N–H and O–H groups in total. The summed E-state index contributed by atoms with van der Waals surface area (Å²) in [5.41, 5.74) is 0.113. The van der Waals surface area contributed by atoms with Crippen LogP contribution in [-0.4, -0.2) is 16.5 Å². The number of ketones is 1. The van der Waals surface area contributed by atoms with Gasteiger partial charge < -0.3 is 4.57 Å². The largest absolute Gasteiger partial charge is 0.454 e. The Labute approximate surface area is 85.7 Å². The smallest absolute Gasteiger partial charge is 0.353 e. The van der Waals surface area contributed by atoms with Crippen LogP contribution < -0.4 is 0 Å². The molecule has 0 saturated heterocycles. The van der Waals surface area contributed by atoms with Gasteiger partial charge in [-0.15, -0.1) is 0 Å². The van der Waals surface area contributed by atoms with Gasteiger partial charge >= 0.3 is 6.18 Å². The zero-order valence-electron chi connectivity index (χ0n) is 8.56. The Bertz CT molecular complexity index is 365. The summed E-state index contributed by atoms with van der Waals surface area (Å²) in [6, 6.07) is 0. The number of aryl methyl sites for hydroxylation is 2. The van der Waals surface area contributed by atoms with Gasteiger partial charge in [0.15, 0.2) is 0 Å². The van der Waals surface area contributed by atoms with Crippen molar-refractivity contribution in [1.29, 1.82) is 0 Å². The van der Waals surface area contributed by atoms with Gasteiger partial charge in [0.2, 0.25) is 0 Å². The van der Waals surface area contributed by atoms with Crippen LogP contribution in [0.3, 0.4) is 0 Å². The lowest BCUT2D eigenvalue weighted by molar-refractivity contribution is -0.0885. The summed E-state index contributed by atoms with van der Waals surface area (Å²) in [5, 5.41) is 0. The minimum absolute atomic E-state index is 0.254. The van der Waals surface area contributed by atoms with Crippen LogP contribution in [-0.2, 0) is 6.54 Å². The fourth-order valence-electron chi connectivity index (χ4n) is 1.40. The molecule has 0 spiro atoms. The summed E-state index contributed by atoms with van der Waals surface area (Å²) < 4.78 is 38.1. The summed E-state index contributed by atoms with van der Waals surface area (Å²) >= 11 is 0. The number of carbonyl (C=O) groups is 1. The van der Waals surface area contributed by atoms with Crippen molar-refractivity contribution >= 4 is 5.78 Å². The van der Waals surface area contributed by atoms with Crippen LogP contribution in [0.25, 0.3) is 0 Å². The third-order valence-corrected chi connectivity index (χ3v) is 2.06. The normalized spacial score (nSPS) is 11.8. The highest BCUT2D eigenvalue weighted by Crippen LogP contribution is 2.23. The van der Waals surface area contributed by atoms with E-state index in [1.807, 2.05) is 6.92 Å². The number of Topliss-reactive ketones (excluding diaryl/α,β-unsaturated/α-hetero) is 1. The fraction of sp³-hybridized carbons (Fsp3) is 0.500. The van der Waals surface area contributed by atoms with Crippen molar-refractivity contribution in [3.63, 3.8) is 0 Å². The molecule has 84 valence electrons. The Kier molecular flexibility index (Phi) is 3.21. The minimum atomic E-state index is -4.79. The number of hydrogen-bond acceptors (Lipinski definition) is 1. The summed E-state index contributed by atoms with van der Waals surface area (Å²) in [5.74, 6) is -1.77. The third-order valence-electron chi connectivity index (χ3n) is 2.06. The van der Waals surface area contributed by atoms with E-state index < -0.39 is 12.0 Å². The molecule has 0 unspecified atom stereocenters. The molecule has 2 nitrogen and oxygen atoms in total. The van der Waals surface area contributed by atoms with E-state index >= 15 is 0 Å². The summed E-state index contributed by atoms with van der Waals surface area (Å²) in [6.07, 6.45) is -1.16. The van der Waals surface area contributed by atoms with Crippen LogP contribution in [0.15, 0.2) is 12.4 Å². The van der Waals surface area contributed by atoms with Crippen LogP contribution in [0.2, 0.25) is 0 Å². The molecule has 0 amide bonds. The zero-order chi connectivity index (χ0) is 11.6. The van der Waals surface area contributed by atoms with Crippen LogP contribution in [0.4, 0.5) is 13.2 Å². The molecule has 1 aromatic heterocycles. The van der Waals surface area contributed by atoms with E-state index in [2.05, 4.69) is 0 Å². The van der Waals surface area contributed by atoms with Gasteiger partial charge in [0.1, 0.15) is 0 Å². The number of hydrogen-bond donors (Lipinski definition) is 0. The predicted molar refractivity (Wildman–Crippen MR) is 49.8 cm³/mol. The Balaban J connectivity index is 3.00. The first-order valence-electron chi connectivity index (χ1n) is 4.64. The Morgan fingerprint density at radius 1 is 1.40 bits per heavy atom. The van der Waals surface area contributed by atoms with Crippen LogP contribution >= 0.6 is 0 Å². The van der Waals surface area contributed by atoms with Crippen molar-refractivity contribution < 1.29 is 18.0 Å². The quantitative estimate of drug-likeness (QED) is 0.716. The first kappa shape index (κ1) is 11.8. The van der Waals surface area contributed by atoms with E-state index in [0.717, 1.165) is 6.42 Å². The number of rotatable bonds is 3. The van der Waals surface area contributed by atoms with Crippen molar-refractivity contribution in [3.05, 3.63) is 23.5 Å². The number of carbonyl (C=O) groups excluding carboxylic acids is 1. The van der Waals surface area contributed by atoms with Gasteiger partial charge in [-0.3, -0.25) is 4.79 Å². The molecule has 0 aliphatic heterocycles. The Morgan fingerprint density at radius 2 is 2.00 bits per heavy atom. The maximum atomic E-state index is 12.2. The van der Waals surface area contributed by atoms with E-state index in [0.29, 0.717) is 12.1 Å². The van der Waals surface area contributed by atoms with Gasteiger partial charge in [-0.25, -0.2) is 0 Å². The lowest BCUT2D eigenvalue weighted by Crippen LogP contribution is -2.22. The Morgan fingerprint density at radius 3 is 2.47 bits per heavy atom. The van der Waals surface area contributed by atoms with Gasteiger partial charge in [0, 0.05) is 24.5 Å². The van der Waals surface area contributed by atoms with E-state index in [1.54, 1.807) is 10.8 Å². The first-order valence-corrected chi connectivity index (χ1v) is 4.64. The van der Waals surface area contributed by atoms with Crippen LogP contribution in [0.1, 0.15) is 29.3 Å². The lowest BCUT2D eigenvalue weighted by Gasteiger charge is -2.03. The zero-order valence-corrected chi connectivity index (χ0v) is 8.56. The van der Waals surface area contributed by atoms with Crippen molar-refractivity contribution in [2.75, 3.05) is 0 Å². The maximum absolute atomic E-state index is 12.2. The first-order chi connectivity index (χ1) is 6.86. The van der Waals surface area contributed by atoms with Crippen LogP contribution in [0.5, 0.6) is 0 Å². The van der Waals surface area contributed by atoms with Gasteiger partial charge in [0.25, 0.3) is 5.78 Å². The molecule has 1 aromatic rings. The average Bonchev–Trinajstić information content (AvgIpc) is 2.44. The molecule has 5 heteroatoms. The second-order valence-electron chi connectivity index (χ2n) is 3.42. The molecule has 0 bridgehead atoms. The molecule has 0 aromatic carbocycles. The van der Waals surface area contributed by atoms with Crippen molar-refractivity contribution in [1.82, 2.24) is 4.57 Å². The highest BCUT2D eigenvalue weighted by Gasteiger charge is 2.40. The monoisotopic (exact) mass is 219 g/mol. The van der Waals surface area contributed by atoms with Crippen molar-refractivity contribution in [2.24, 2.45) is 0 Å². The van der Waals surface area contributed by atoms with Gasteiger partial charge in [-0.1, -0.05) is 6.92 Å². The number of alkyl halides is 3. The second kappa shape index (κ2) is 4.08. The minimum Gasteiger partial charge on any atom is -0.353 e. The fourth-order valence-corrected chi connectivity index (χ4v) is 1.40. The molecule has 15 heavy (non-hydrogen) atoms. The molecule has 0 aliphatic rings. The van der Waals surface area contributed by atoms with Gasteiger partial charge in [-0.05, 0) is 18.9 Å². The predicted octanol–water partition coefficient (Wildman–Crippen LogP) is 2.95. The van der Waals surface area contributed by atoms with E-state index in [4.69, 9.17) is 0 Å². The van der Waals surface area contributed by atoms with Crippen LogP contribution in [0, 0.1) is 6.92 Å². The maximum Gasteiger partial charge on any atom is 0.454 e. The van der Waals surface area contributed by atoms with E-state index in [9.17, 15) is 18.0 Å². The molecule has 0 fully saturated rings. The molecular weight excluding hydrogens is 207 g/mol. The molecular formula is C10H12F3NO. The lowest BCUT2D eigenvalue weighted by atomic mass is 10.1. The Hall–Kier alpha value is -1.26. The standard InChI is InChI=1S/C10H12F3NO/c1-3-4-14-5-7(2)8(6-14)9(15)10(11,12)13/h5-6H,3-4H2,1-2H3. The van der Waals surface area contributed by atoms with E-state index in [-0.39, 0.29) is 5.56 Å². The SMILES string of the molecule is CCCn1cc(C)c(C(=O)C(F)(F)F)c1. The van der Waals surface area contributed by atoms with Gasteiger partial charge in [0.05, 0.1) is 0 Å². The summed E-state index contributed by atoms with van der Waals surface area (Å²) in [4.78, 5) is 11.0. The van der Waals surface area contributed by atoms with Crippen molar-refractivity contribution in [3.8, 4) is 0 Å². The highest BCUT2D eigenvalue weighted by molar-refractivity contribution is 6.01. The van der Waals surface area contributed by atoms with E-state index in [1.165, 1.54) is 13.1 Å². The topological polar surface area (TPSA) is 22.0 Å². The molecule has 0 radical (unpaired) electrons. The summed E-state index contributed by atoms with van der Waals surface area (Å²) in [7, 11) is 0. The number of nitrogens with zero attached hydrogens (tertiary/aromatic N) is 1. The van der Waals surface area contributed by atoms with Crippen molar-refractivity contribution in [2.45, 2.75) is 33.0 Å². The number of halogens is 3. The molecule has 0 saturated carbocycles. The van der Waals surface area contributed by atoms with Gasteiger partial charge in [-0.2, -0.15) is 13.2 Å². The second-order valence-corrected chi connectivity index (χ2v) is 3.42. The third kappa shape index (κ3) is 2.61. The summed E-state index contributed by atoms with van der Waals surface area (Å²) in [6.45, 7) is 4.04. The molecule has 1 rings (SSSR count). The molecule has 1 heterocycles. The average molecular weight is 219 g/mol. The highest BCUT2D eigenvalue weighted by atomic mass is 19.4.